The second-order valence-electron chi connectivity index (χ2n) is 21.4. The van der Waals surface area contributed by atoms with E-state index in [0.717, 1.165) is 10.7 Å². The number of ether oxygens (including phenoxy) is 3. The highest BCUT2D eigenvalue weighted by atomic mass is 32.2. The molecule has 0 bridgehead atoms. The van der Waals surface area contributed by atoms with Crippen LogP contribution in [0.25, 0.3) is 11.6 Å². The molecule has 8 heterocycles. The highest BCUT2D eigenvalue weighted by Gasteiger charge is 2.64. The van der Waals surface area contributed by atoms with E-state index < -0.39 is 56.8 Å². The summed E-state index contributed by atoms with van der Waals surface area (Å²) in [6, 6.07) is 17.4. The van der Waals surface area contributed by atoms with Crippen LogP contribution in [-0.2, 0) is 14.8 Å². The Morgan fingerprint density at radius 1 is 0.653 bits per heavy atom. The lowest BCUT2D eigenvalue weighted by Crippen LogP contribution is -2.60. The number of sulfonamides is 1. The molecule has 4 fully saturated rings. The minimum Gasteiger partial charge on any atom is -0.477 e. The molecule has 406 valence electrons. The van der Waals surface area contributed by atoms with E-state index in [9.17, 15) is 44.3 Å². The monoisotopic (exact) mass is 1110 g/mol. The molecule has 2 saturated carbocycles. The van der Waals surface area contributed by atoms with Crippen LogP contribution in [0.4, 0.5) is 38.0 Å². The Morgan fingerprint density at radius 3 is 1.61 bits per heavy atom. The van der Waals surface area contributed by atoms with E-state index >= 15 is 0 Å². The smallest absolute Gasteiger partial charge is 0.394 e. The molecule has 16 nitrogen and oxygen atoms in total. The summed E-state index contributed by atoms with van der Waals surface area (Å²) in [6.07, 6.45) is -4.56. The van der Waals surface area contributed by atoms with E-state index in [0.29, 0.717) is 35.3 Å². The van der Waals surface area contributed by atoms with E-state index in [1.807, 2.05) is 30.6 Å². The van der Waals surface area contributed by atoms with Gasteiger partial charge in [0.1, 0.15) is 23.4 Å². The van der Waals surface area contributed by atoms with Gasteiger partial charge in [-0.05, 0) is 121 Å². The van der Waals surface area contributed by atoms with Crippen molar-refractivity contribution in [2.24, 2.45) is 22.7 Å². The Hall–Kier alpha value is -5.69. The van der Waals surface area contributed by atoms with Crippen molar-refractivity contribution in [2.75, 3.05) is 23.0 Å². The molecule has 1 amide bonds. The fourth-order valence-corrected chi connectivity index (χ4v) is 12.7. The minimum atomic E-state index is -4.24. The van der Waals surface area contributed by atoms with Gasteiger partial charge in [0.25, 0.3) is 15.9 Å². The molecule has 11 rings (SSSR count). The highest BCUT2D eigenvalue weighted by Crippen LogP contribution is 2.61. The third kappa shape index (κ3) is 9.89. The van der Waals surface area contributed by atoms with E-state index in [-0.39, 0.29) is 125 Å². The van der Waals surface area contributed by atoms with Crippen molar-refractivity contribution < 1.29 is 58.6 Å². The number of carbonyl (C=O) groups excluding carboxylic acids is 2. The number of hydrogen-bond donors (Lipinski definition) is 0. The summed E-state index contributed by atoms with van der Waals surface area (Å²) < 4.78 is 127. The Morgan fingerprint density at radius 2 is 1.12 bits per heavy atom. The Labute approximate surface area is 444 Å². The molecule has 2 saturated heterocycles. The van der Waals surface area contributed by atoms with Gasteiger partial charge in [0.2, 0.25) is 11.8 Å². The van der Waals surface area contributed by atoms with Crippen LogP contribution in [0.1, 0.15) is 114 Å². The van der Waals surface area contributed by atoms with Gasteiger partial charge in [0.05, 0.1) is 34.5 Å². The topological polar surface area (TPSA) is 167 Å². The lowest BCUT2D eigenvalue weighted by atomic mass is 9.97. The van der Waals surface area contributed by atoms with Crippen molar-refractivity contribution >= 4 is 60.5 Å². The number of aromatic nitrogens is 6. The second-order valence-corrected chi connectivity index (χ2v) is 23.2. The fourth-order valence-electron chi connectivity index (χ4n) is 11.1. The number of hydrogen-bond acceptors (Lipinski definition) is 13. The van der Waals surface area contributed by atoms with Gasteiger partial charge in [0, 0.05) is 41.5 Å². The number of nitrogens with zero attached hydrogens (tertiary/aromatic N) is 9. The summed E-state index contributed by atoms with van der Waals surface area (Å²) in [4.78, 5) is 39.7. The maximum absolute atomic E-state index is 13.8. The molecule has 2 unspecified atom stereocenters. The molecule has 4 atom stereocenters. The quantitative estimate of drug-likeness (QED) is 0.0856. The summed E-state index contributed by atoms with van der Waals surface area (Å²) >= 11 is 0. The fraction of sp³-hybridized carbons (Fsp3) is 0.520. The van der Waals surface area contributed by atoms with Crippen LogP contribution in [-0.4, -0.2) is 103 Å². The van der Waals surface area contributed by atoms with Crippen LogP contribution in [0.3, 0.4) is 0 Å². The molecule has 0 N–H and O–H groups in total. The number of halogens is 6. The Balaban J connectivity index is 0.000000200. The van der Waals surface area contributed by atoms with Crippen molar-refractivity contribution in [1.29, 1.82) is 0 Å². The van der Waals surface area contributed by atoms with E-state index in [1.54, 1.807) is 54.9 Å². The van der Waals surface area contributed by atoms with Crippen molar-refractivity contribution in [2.45, 2.75) is 134 Å². The lowest BCUT2D eigenvalue weighted by Gasteiger charge is -2.45. The first-order valence-corrected chi connectivity index (χ1v) is 25.7. The molecule has 2 aliphatic carbocycles. The molecule has 0 spiro atoms. The lowest BCUT2D eigenvalue weighted by molar-refractivity contribution is -0.190. The Kier molecular flexibility index (Phi) is 14.4. The van der Waals surface area contributed by atoms with E-state index in [4.69, 9.17) is 24.2 Å². The average molecular weight is 1110 g/mol. The van der Waals surface area contributed by atoms with E-state index in [2.05, 4.69) is 31.0 Å². The van der Waals surface area contributed by atoms with Gasteiger partial charge in [-0.25, -0.2) is 36.8 Å². The second kappa shape index (κ2) is 19.4. The molecule has 4 aliphatic heterocycles. The van der Waals surface area contributed by atoms with E-state index in [1.165, 1.54) is 33.6 Å². The zero-order chi connectivity index (χ0) is 52.3. The van der Waals surface area contributed by atoms with Gasteiger partial charge in [-0.1, -0.05) is 32.0 Å². The van der Waals surface area contributed by atoms with Crippen molar-refractivity contribution in [3.63, 3.8) is 0 Å². The van der Waals surface area contributed by atoms with Gasteiger partial charge >= 0.3 is 18.3 Å². The number of alkyl halides is 6. The third-order valence-corrected chi connectivity index (χ3v) is 17.0. The molecule has 5 aromatic rings. The number of fused-ring (bicyclic) bond motifs is 6. The third-order valence-electron chi connectivity index (χ3n) is 15.2. The number of carbonyl (C=O) groups is 2. The van der Waals surface area contributed by atoms with Crippen LogP contribution >= 0.6 is 27.0 Å². The van der Waals surface area contributed by atoms with Gasteiger partial charge in [-0.15, -0.1) is 10.2 Å². The first-order chi connectivity index (χ1) is 34.3. The zero-order valence-corrected chi connectivity index (χ0v) is 44.8. The number of pyridine rings is 2. The predicted octanol–water partition coefficient (Wildman–Crippen LogP) is 9.90. The number of amides is 1. The van der Waals surface area contributed by atoms with Crippen molar-refractivity contribution in [3.05, 3.63) is 90.3 Å². The number of benzene rings is 1. The number of anilines is 2. The molecule has 0 radical (unpaired) electrons. The normalized spacial score (nSPS) is 23.2. The number of esters is 1. The largest absolute Gasteiger partial charge is 0.477 e. The summed E-state index contributed by atoms with van der Waals surface area (Å²) in [6.45, 7) is 12.0. The molecule has 6 aliphatic rings. The summed E-state index contributed by atoms with van der Waals surface area (Å²) in [5.74, 6) is 1.07. The molecule has 25 heteroatoms. The number of rotatable bonds is 12. The van der Waals surface area contributed by atoms with Crippen LogP contribution in [0, 0.1) is 22.7 Å². The summed E-state index contributed by atoms with van der Waals surface area (Å²) in [7, 11) is -4.16. The van der Waals surface area contributed by atoms with Crippen LogP contribution in [0.2, 0.25) is 0 Å². The van der Waals surface area contributed by atoms with Crippen molar-refractivity contribution in [1.82, 2.24) is 33.8 Å². The van der Waals surface area contributed by atoms with Crippen molar-refractivity contribution in [3.8, 4) is 23.4 Å². The van der Waals surface area contributed by atoms with Crippen LogP contribution in [0.15, 0.2) is 84.0 Å². The first kappa shape index (κ1) is 55.5. The maximum Gasteiger partial charge on any atom is 0.394 e. The Bertz CT molecular complexity index is 3070. The minimum absolute atomic E-state index is 0. The van der Waals surface area contributed by atoms with Crippen LogP contribution < -0.4 is 19.3 Å². The summed E-state index contributed by atoms with van der Waals surface area (Å²) in [5, 5.41) is 8.63. The SMILES string of the molecule is C[C@H]1CC(C)(C)N2c3nc(-n4ccc(OCCC5(C(F)(F)F)CC5)n4)ccc3C(=O)N(S(=O)(=O)c3ccccc3)C12.C[C@H]1CC(C)(C)N2c3nc(-n4ccc(OCCC5(C(F)(F)F)CC5)n4)ccc3C(=O)OC12.S.S. The van der Waals surface area contributed by atoms with Gasteiger partial charge in [0.15, 0.2) is 17.9 Å². The van der Waals surface area contributed by atoms with Gasteiger partial charge in [-0.3, -0.25) is 4.79 Å². The average Bonchev–Trinajstić information content (AvgIpc) is 4.14. The van der Waals surface area contributed by atoms with Gasteiger partial charge in [-0.2, -0.15) is 53.3 Å². The standard InChI is InChI=1S/C28H30F3N5O4S.C22H25F3N4O3.2H2S/c1-18-17-26(2,3)35-23-20(25(37)36(24(18)35)41(38,39)19-7-5-4-6-8-19)9-10-21(32-23)34-15-11-22(33-34)40-16-14-27(12-13-27)28(29,30)31;1-13-12-20(2,3)29-17-14(19(30)32-18(13)29)4-5-15(26-17)28-10-6-16(27-28)31-11-9-21(7-8-21)22(23,24)25;;/h4-11,15,18,24H,12-14,16-17H2,1-3H3;4-6,10,13,18H,7-9,11-12H2,1-3H3;2*1H2/t18-,24?;13-,18?;;/m00../s1. The van der Waals surface area contributed by atoms with Gasteiger partial charge < -0.3 is 24.0 Å². The summed E-state index contributed by atoms with van der Waals surface area (Å²) in [5.41, 5.74) is -3.46. The highest BCUT2D eigenvalue weighted by molar-refractivity contribution is 7.89. The molecular formula is C50H59F6N9O7S3. The maximum atomic E-state index is 13.8. The molecule has 75 heavy (non-hydrogen) atoms. The zero-order valence-electron chi connectivity index (χ0n) is 41.9. The predicted molar refractivity (Wildman–Crippen MR) is 273 cm³/mol. The molecular weight excluding hydrogens is 1050 g/mol. The first-order valence-electron chi connectivity index (χ1n) is 24.2. The molecule has 1 aromatic carbocycles. The van der Waals surface area contributed by atoms with Crippen LogP contribution in [0.5, 0.6) is 11.8 Å². The molecule has 4 aromatic heterocycles.